The highest BCUT2D eigenvalue weighted by atomic mass is 16.5. The van der Waals surface area contributed by atoms with Gasteiger partial charge in [-0.05, 0) is 43.4 Å². The molecule has 6 N–H and O–H groups in total. The Balaban J connectivity index is 2.70. The van der Waals surface area contributed by atoms with Gasteiger partial charge in [0.2, 0.25) is 11.8 Å². The van der Waals surface area contributed by atoms with Gasteiger partial charge in [-0.3, -0.25) is 14.4 Å². The normalized spacial score (nSPS) is 12.3. The fraction of sp³-hybridized carbons (Fsp3) is 0.522. The van der Waals surface area contributed by atoms with E-state index >= 15 is 0 Å². The number of anilines is 1. The molecule has 0 bridgehead atoms. The molecule has 0 saturated carbocycles. The number of primary amides is 1. The van der Waals surface area contributed by atoms with Crippen molar-refractivity contribution in [3.8, 4) is 0 Å². The zero-order chi connectivity index (χ0) is 25.7. The standard InChI is InChI=1S/C23H35N5O6/c1-14(2)16(4)20(30)28-19(6-5-11-25-22(24)32)21(31)27-18-9-7-17(8-10-18)13-34-23(33)26-12-15(3)29/h7-10,14,16,19H,5-6,11-13H2,1-4H3,(H,26,33)(H,27,31)(H,28,30)(H3,24,25,32)/t16-,19?/m0/s1. The molecule has 34 heavy (non-hydrogen) atoms. The second-order valence-corrected chi connectivity index (χ2v) is 8.34. The van der Waals surface area contributed by atoms with Crippen molar-refractivity contribution < 1.29 is 28.7 Å². The first-order chi connectivity index (χ1) is 16.0. The number of hydrogen-bond acceptors (Lipinski definition) is 6. The first-order valence-corrected chi connectivity index (χ1v) is 11.1. The lowest BCUT2D eigenvalue weighted by Crippen LogP contribution is -2.46. The zero-order valence-corrected chi connectivity index (χ0v) is 20.1. The summed E-state index contributed by atoms with van der Waals surface area (Å²) in [5.41, 5.74) is 6.24. The smallest absolute Gasteiger partial charge is 0.407 e. The Labute approximate surface area is 199 Å². The quantitative estimate of drug-likeness (QED) is 0.271. The molecule has 11 nitrogen and oxygen atoms in total. The summed E-state index contributed by atoms with van der Waals surface area (Å²) in [5.74, 6) is -0.968. The number of carbonyl (C=O) groups is 5. The molecular weight excluding hydrogens is 442 g/mol. The molecule has 0 fully saturated rings. The molecule has 11 heteroatoms. The molecule has 1 aromatic rings. The van der Waals surface area contributed by atoms with Gasteiger partial charge in [-0.15, -0.1) is 0 Å². The predicted octanol–water partition coefficient (Wildman–Crippen LogP) is 1.67. The number of hydrogen-bond donors (Lipinski definition) is 5. The number of nitrogens with two attached hydrogens (primary N) is 1. The van der Waals surface area contributed by atoms with Crippen LogP contribution in [0.3, 0.4) is 0 Å². The Morgan fingerprint density at radius 2 is 1.62 bits per heavy atom. The van der Waals surface area contributed by atoms with Crippen LogP contribution < -0.4 is 27.0 Å². The lowest BCUT2D eigenvalue weighted by molar-refractivity contribution is -0.130. The van der Waals surface area contributed by atoms with Crippen LogP contribution in [0.1, 0.15) is 46.1 Å². The minimum atomic E-state index is -0.795. The number of urea groups is 1. The number of Topliss-reactive ketones (excluding diaryl/α,β-unsaturated/α-hetero) is 1. The van der Waals surface area contributed by atoms with Gasteiger partial charge in [0, 0.05) is 18.2 Å². The van der Waals surface area contributed by atoms with E-state index in [9.17, 15) is 24.0 Å². The maximum Gasteiger partial charge on any atom is 0.407 e. The summed E-state index contributed by atoms with van der Waals surface area (Å²) in [4.78, 5) is 58.6. The number of amides is 5. The van der Waals surface area contributed by atoms with Gasteiger partial charge in [-0.1, -0.05) is 32.9 Å². The lowest BCUT2D eigenvalue weighted by Gasteiger charge is -2.22. The van der Waals surface area contributed by atoms with Crippen LogP contribution >= 0.6 is 0 Å². The third kappa shape index (κ3) is 11.3. The second kappa shape index (κ2) is 14.5. The SMILES string of the molecule is CC(=O)CNC(=O)OCc1ccc(NC(=O)C(CCCNC(N)=O)NC(=O)[C@@H](C)C(C)C)cc1. The summed E-state index contributed by atoms with van der Waals surface area (Å²) in [6, 6.07) is 5.20. The monoisotopic (exact) mass is 477 g/mol. The van der Waals surface area contributed by atoms with Crippen molar-refractivity contribution in [2.24, 2.45) is 17.6 Å². The maximum absolute atomic E-state index is 12.9. The van der Waals surface area contributed by atoms with Gasteiger partial charge >= 0.3 is 12.1 Å². The van der Waals surface area contributed by atoms with Crippen LogP contribution in [-0.2, 0) is 25.7 Å². The van der Waals surface area contributed by atoms with Crippen molar-refractivity contribution in [1.29, 1.82) is 0 Å². The van der Waals surface area contributed by atoms with Crippen LogP contribution in [0.2, 0.25) is 0 Å². The third-order valence-corrected chi connectivity index (χ3v) is 5.09. The third-order valence-electron chi connectivity index (χ3n) is 5.09. The number of ether oxygens (including phenoxy) is 1. The fourth-order valence-electron chi connectivity index (χ4n) is 2.70. The minimum absolute atomic E-state index is 0.00337. The van der Waals surface area contributed by atoms with Gasteiger partial charge < -0.3 is 31.7 Å². The highest BCUT2D eigenvalue weighted by Crippen LogP contribution is 2.14. The van der Waals surface area contributed by atoms with E-state index in [-0.39, 0.29) is 43.2 Å². The van der Waals surface area contributed by atoms with Gasteiger partial charge in [0.1, 0.15) is 18.4 Å². The number of alkyl carbamates (subject to hydrolysis) is 1. The summed E-state index contributed by atoms with van der Waals surface area (Å²) >= 11 is 0. The Hall–Kier alpha value is -3.63. The molecule has 0 spiro atoms. The highest BCUT2D eigenvalue weighted by molar-refractivity contribution is 5.97. The molecule has 0 saturated heterocycles. The van der Waals surface area contributed by atoms with Gasteiger partial charge in [-0.25, -0.2) is 9.59 Å². The summed E-state index contributed by atoms with van der Waals surface area (Å²) in [6.45, 7) is 7.18. The van der Waals surface area contributed by atoms with Crippen LogP contribution in [0, 0.1) is 11.8 Å². The molecule has 0 radical (unpaired) electrons. The Bertz CT molecular complexity index is 856. The van der Waals surface area contributed by atoms with Crippen molar-refractivity contribution in [1.82, 2.24) is 16.0 Å². The first kappa shape index (κ1) is 28.4. The molecule has 0 aliphatic carbocycles. The molecule has 0 aliphatic rings. The Morgan fingerprint density at radius 3 is 2.18 bits per heavy atom. The highest BCUT2D eigenvalue weighted by Gasteiger charge is 2.24. The molecule has 188 valence electrons. The molecule has 2 atom stereocenters. The van der Waals surface area contributed by atoms with Crippen molar-refractivity contribution in [2.75, 3.05) is 18.4 Å². The second-order valence-electron chi connectivity index (χ2n) is 8.34. The summed E-state index contributed by atoms with van der Waals surface area (Å²) < 4.78 is 5.02. The van der Waals surface area contributed by atoms with E-state index in [1.165, 1.54) is 6.92 Å². The number of nitrogens with one attached hydrogen (secondary N) is 4. The fourth-order valence-corrected chi connectivity index (χ4v) is 2.70. The Morgan fingerprint density at radius 1 is 0.971 bits per heavy atom. The zero-order valence-electron chi connectivity index (χ0n) is 20.1. The molecule has 5 amide bonds. The first-order valence-electron chi connectivity index (χ1n) is 11.1. The van der Waals surface area contributed by atoms with Crippen molar-refractivity contribution >= 4 is 35.4 Å². The van der Waals surface area contributed by atoms with Crippen molar-refractivity contribution in [3.05, 3.63) is 29.8 Å². The average Bonchev–Trinajstić information content (AvgIpc) is 2.78. The van der Waals surface area contributed by atoms with E-state index in [4.69, 9.17) is 10.5 Å². The van der Waals surface area contributed by atoms with E-state index in [1.54, 1.807) is 31.2 Å². The van der Waals surface area contributed by atoms with Crippen molar-refractivity contribution in [3.63, 3.8) is 0 Å². The van der Waals surface area contributed by atoms with Gasteiger partial charge in [0.05, 0.1) is 6.54 Å². The van der Waals surface area contributed by atoms with Crippen LogP contribution in [0.15, 0.2) is 24.3 Å². The lowest BCUT2D eigenvalue weighted by atomic mass is 9.96. The molecular formula is C23H35N5O6. The van der Waals surface area contributed by atoms with Crippen LogP contribution in [0.5, 0.6) is 0 Å². The predicted molar refractivity (Wildman–Crippen MR) is 127 cm³/mol. The summed E-state index contributed by atoms with van der Waals surface area (Å²) in [7, 11) is 0. The van der Waals surface area contributed by atoms with Gasteiger partial charge in [0.15, 0.2) is 0 Å². The van der Waals surface area contributed by atoms with Crippen LogP contribution in [0.4, 0.5) is 15.3 Å². The van der Waals surface area contributed by atoms with Crippen molar-refractivity contribution in [2.45, 2.75) is 53.2 Å². The molecule has 1 aromatic carbocycles. The topological polar surface area (TPSA) is 169 Å². The Kier molecular flexibility index (Phi) is 12.1. The van der Waals surface area contributed by atoms with Crippen LogP contribution in [0.25, 0.3) is 0 Å². The number of carbonyl (C=O) groups excluding carboxylic acids is 5. The maximum atomic E-state index is 12.9. The van der Waals surface area contributed by atoms with Crippen LogP contribution in [-0.4, -0.2) is 48.9 Å². The van der Waals surface area contributed by atoms with E-state index in [0.29, 0.717) is 24.1 Å². The molecule has 0 heterocycles. The average molecular weight is 478 g/mol. The van der Waals surface area contributed by atoms with E-state index in [1.807, 2.05) is 13.8 Å². The van der Waals surface area contributed by atoms with Gasteiger partial charge in [-0.2, -0.15) is 0 Å². The summed E-state index contributed by atoms with van der Waals surface area (Å²) in [6.07, 6.45) is 0.0520. The molecule has 0 aliphatic heterocycles. The van der Waals surface area contributed by atoms with E-state index in [2.05, 4.69) is 21.3 Å². The minimum Gasteiger partial charge on any atom is -0.445 e. The molecule has 1 rings (SSSR count). The van der Waals surface area contributed by atoms with Gasteiger partial charge in [0.25, 0.3) is 0 Å². The number of rotatable bonds is 13. The van der Waals surface area contributed by atoms with E-state index in [0.717, 1.165) is 0 Å². The molecule has 1 unspecified atom stereocenters. The largest absolute Gasteiger partial charge is 0.445 e. The van der Waals surface area contributed by atoms with E-state index < -0.39 is 24.1 Å². The molecule has 0 aromatic heterocycles. The number of ketones is 1. The number of benzene rings is 1. The summed E-state index contributed by atoms with van der Waals surface area (Å²) in [5, 5.41) is 10.3.